The summed E-state index contributed by atoms with van der Waals surface area (Å²) in [6, 6.07) is 3.37. The molecule has 0 aliphatic carbocycles. The fraction of sp³-hybridized carbons (Fsp3) is 0.643. The summed E-state index contributed by atoms with van der Waals surface area (Å²) in [6.45, 7) is 5.16. The maximum absolute atomic E-state index is 12.1. The molecule has 0 saturated carbocycles. The molecule has 1 aliphatic heterocycles. The first kappa shape index (κ1) is 17.4. The van der Waals surface area contributed by atoms with Crippen molar-refractivity contribution in [3.63, 3.8) is 0 Å². The zero-order valence-electron chi connectivity index (χ0n) is 12.9. The first-order chi connectivity index (χ1) is 10.4. The molecule has 124 valence electrons. The molecule has 2 heterocycles. The first-order valence-electron chi connectivity index (χ1n) is 7.32. The fourth-order valence-electron chi connectivity index (χ4n) is 2.35. The molecule has 1 N–H and O–H groups in total. The van der Waals surface area contributed by atoms with E-state index in [-0.39, 0.29) is 18.6 Å². The second-order valence-corrected chi connectivity index (χ2v) is 8.64. The molecule has 0 radical (unpaired) electrons. The maximum atomic E-state index is 12.1. The zero-order chi connectivity index (χ0) is 16.2. The summed E-state index contributed by atoms with van der Waals surface area (Å²) in [5, 5.41) is 0. The largest absolute Gasteiger partial charge is 0.376 e. The van der Waals surface area contributed by atoms with Crippen molar-refractivity contribution in [3.8, 4) is 0 Å². The van der Waals surface area contributed by atoms with Crippen LogP contribution in [0.25, 0.3) is 0 Å². The van der Waals surface area contributed by atoms with Gasteiger partial charge in [-0.3, -0.25) is 4.79 Å². The van der Waals surface area contributed by atoms with Crippen LogP contribution in [0.3, 0.4) is 0 Å². The number of ether oxygens (including phenoxy) is 1. The Labute approximate surface area is 135 Å². The predicted octanol–water partition coefficient (Wildman–Crippen LogP) is 1.36. The minimum absolute atomic E-state index is 0.0679. The van der Waals surface area contributed by atoms with Gasteiger partial charge in [-0.1, -0.05) is 0 Å². The summed E-state index contributed by atoms with van der Waals surface area (Å²) in [5.41, 5.74) is 0. The number of aryl methyl sites for hydroxylation is 1. The number of sulfonamides is 1. The highest BCUT2D eigenvalue weighted by atomic mass is 32.2. The normalized spacial score (nSPS) is 18.5. The van der Waals surface area contributed by atoms with Crippen LogP contribution in [-0.2, 0) is 19.6 Å². The monoisotopic (exact) mass is 346 g/mol. The van der Waals surface area contributed by atoms with Crippen LogP contribution in [0.15, 0.2) is 16.3 Å². The second-order valence-electron chi connectivity index (χ2n) is 5.36. The molecule has 0 aromatic carbocycles. The average molecular weight is 346 g/mol. The third-order valence-corrected chi connectivity index (χ3v) is 6.50. The van der Waals surface area contributed by atoms with Gasteiger partial charge < -0.3 is 9.64 Å². The van der Waals surface area contributed by atoms with E-state index in [0.717, 1.165) is 24.3 Å². The molecule has 8 heteroatoms. The van der Waals surface area contributed by atoms with Gasteiger partial charge in [0, 0.05) is 38.0 Å². The van der Waals surface area contributed by atoms with Gasteiger partial charge in [0.15, 0.2) is 0 Å². The van der Waals surface area contributed by atoms with Crippen LogP contribution >= 0.6 is 11.3 Å². The minimum atomic E-state index is -3.49. The number of nitrogens with zero attached hydrogens (tertiary/aromatic N) is 1. The number of carbonyl (C=O) groups excluding carboxylic acids is 1. The topological polar surface area (TPSA) is 75.7 Å². The Kier molecular flexibility index (Phi) is 5.96. The van der Waals surface area contributed by atoms with Crippen molar-refractivity contribution in [2.45, 2.75) is 37.0 Å². The van der Waals surface area contributed by atoms with Gasteiger partial charge in [0.1, 0.15) is 4.21 Å². The van der Waals surface area contributed by atoms with Crippen molar-refractivity contribution < 1.29 is 17.9 Å². The van der Waals surface area contributed by atoms with Crippen LogP contribution in [-0.4, -0.2) is 51.6 Å². The van der Waals surface area contributed by atoms with Crippen molar-refractivity contribution in [2.24, 2.45) is 0 Å². The lowest BCUT2D eigenvalue weighted by Gasteiger charge is -2.24. The van der Waals surface area contributed by atoms with E-state index in [9.17, 15) is 13.2 Å². The summed E-state index contributed by atoms with van der Waals surface area (Å²) in [5.74, 6) is -0.0679. The Morgan fingerprint density at radius 1 is 1.50 bits per heavy atom. The van der Waals surface area contributed by atoms with Gasteiger partial charge in [-0.25, -0.2) is 13.1 Å². The van der Waals surface area contributed by atoms with Crippen LogP contribution in [0, 0.1) is 6.92 Å². The van der Waals surface area contributed by atoms with E-state index in [4.69, 9.17) is 4.74 Å². The van der Waals surface area contributed by atoms with Crippen LogP contribution in [0.1, 0.15) is 24.6 Å². The van der Waals surface area contributed by atoms with Gasteiger partial charge in [-0.05, 0) is 31.9 Å². The number of amides is 1. The molecule has 1 fully saturated rings. The third kappa shape index (κ3) is 4.77. The molecule has 1 saturated heterocycles. The molecule has 0 spiro atoms. The lowest BCUT2D eigenvalue weighted by Crippen LogP contribution is -2.41. The molecule has 1 unspecified atom stereocenters. The fourth-order valence-corrected chi connectivity index (χ4v) is 4.70. The van der Waals surface area contributed by atoms with E-state index >= 15 is 0 Å². The van der Waals surface area contributed by atoms with Gasteiger partial charge >= 0.3 is 0 Å². The van der Waals surface area contributed by atoms with E-state index in [2.05, 4.69) is 4.72 Å². The molecule has 22 heavy (non-hydrogen) atoms. The molecule has 0 bridgehead atoms. The molecule has 6 nitrogen and oxygen atoms in total. The summed E-state index contributed by atoms with van der Waals surface area (Å²) in [6.07, 6.45) is 2.03. The van der Waals surface area contributed by atoms with Gasteiger partial charge in [-0.15, -0.1) is 11.3 Å². The van der Waals surface area contributed by atoms with Crippen LogP contribution in [0.2, 0.25) is 0 Å². The average Bonchev–Trinajstić information content (AvgIpc) is 3.08. The molecule has 1 aromatic rings. The molecular weight excluding hydrogens is 324 g/mol. The van der Waals surface area contributed by atoms with E-state index < -0.39 is 10.0 Å². The van der Waals surface area contributed by atoms with Gasteiger partial charge in [0.2, 0.25) is 15.9 Å². The minimum Gasteiger partial charge on any atom is -0.376 e. The van der Waals surface area contributed by atoms with E-state index in [1.165, 1.54) is 18.3 Å². The Morgan fingerprint density at radius 2 is 2.27 bits per heavy atom. The second kappa shape index (κ2) is 7.54. The molecule has 1 atom stereocenters. The van der Waals surface area contributed by atoms with Crippen LogP contribution in [0.5, 0.6) is 0 Å². The third-order valence-electron chi connectivity index (χ3n) is 3.55. The first-order valence-corrected chi connectivity index (χ1v) is 9.61. The predicted molar refractivity (Wildman–Crippen MR) is 85.5 cm³/mol. The highest BCUT2D eigenvalue weighted by Gasteiger charge is 2.21. The van der Waals surface area contributed by atoms with E-state index in [1.54, 1.807) is 17.0 Å². The quantitative estimate of drug-likeness (QED) is 0.809. The zero-order valence-corrected chi connectivity index (χ0v) is 14.5. The molecule has 1 aliphatic rings. The summed E-state index contributed by atoms with van der Waals surface area (Å²) in [4.78, 5) is 14.2. The summed E-state index contributed by atoms with van der Waals surface area (Å²) < 4.78 is 32.6. The highest BCUT2D eigenvalue weighted by Crippen LogP contribution is 2.20. The number of carbonyl (C=O) groups is 1. The number of hydrogen-bond acceptors (Lipinski definition) is 5. The van der Waals surface area contributed by atoms with Gasteiger partial charge in [-0.2, -0.15) is 0 Å². The standard InChI is InChI=1S/C14H22N2O4S2/c1-11-5-6-14(21-11)22(18,19)15-7-8-16(12(2)17)10-13-4-3-9-20-13/h5-6,13,15H,3-4,7-10H2,1-2H3. The number of rotatable bonds is 7. The molecule has 1 aromatic heterocycles. The van der Waals surface area contributed by atoms with Gasteiger partial charge in [0.25, 0.3) is 0 Å². The SMILES string of the molecule is CC(=O)N(CCNS(=O)(=O)c1ccc(C)s1)CC1CCCO1. The van der Waals surface area contributed by atoms with Crippen molar-refractivity contribution in [3.05, 3.63) is 17.0 Å². The number of hydrogen-bond donors (Lipinski definition) is 1. The van der Waals surface area contributed by atoms with Crippen molar-refractivity contribution >= 4 is 27.3 Å². The van der Waals surface area contributed by atoms with Crippen LogP contribution < -0.4 is 4.72 Å². The molecule has 1 amide bonds. The summed E-state index contributed by atoms with van der Waals surface area (Å²) in [7, 11) is -3.49. The van der Waals surface area contributed by atoms with Crippen molar-refractivity contribution in [1.29, 1.82) is 0 Å². The van der Waals surface area contributed by atoms with Crippen molar-refractivity contribution in [1.82, 2.24) is 9.62 Å². The van der Waals surface area contributed by atoms with E-state index in [1.807, 2.05) is 6.92 Å². The Morgan fingerprint density at radius 3 is 2.82 bits per heavy atom. The number of thiophene rings is 1. The molecular formula is C14H22N2O4S2. The van der Waals surface area contributed by atoms with E-state index in [0.29, 0.717) is 17.3 Å². The summed E-state index contributed by atoms with van der Waals surface area (Å²) >= 11 is 1.23. The lowest BCUT2D eigenvalue weighted by molar-refractivity contribution is -0.130. The molecule has 2 rings (SSSR count). The number of nitrogens with one attached hydrogen (secondary N) is 1. The Balaban J connectivity index is 1.85. The Bertz CT molecular complexity index is 606. The van der Waals surface area contributed by atoms with Crippen LogP contribution in [0.4, 0.5) is 0 Å². The smallest absolute Gasteiger partial charge is 0.250 e. The maximum Gasteiger partial charge on any atom is 0.250 e. The lowest BCUT2D eigenvalue weighted by atomic mass is 10.2. The van der Waals surface area contributed by atoms with Gasteiger partial charge in [0.05, 0.1) is 6.10 Å². The highest BCUT2D eigenvalue weighted by molar-refractivity contribution is 7.91. The van der Waals surface area contributed by atoms with Crippen molar-refractivity contribution in [2.75, 3.05) is 26.2 Å². The Hall–Kier alpha value is -0.960.